The number of esters is 4. The fourth-order valence-electron chi connectivity index (χ4n) is 13.6. The lowest BCUT2D eigenvalue weighted by Crippen LogP contribution is -2.30. The minimum Gasteiger partial charge on any atom is -0.462 e. The average Bonchev–Trinajstić information content (AvgIpc) is 0.902. The lowest BCUT2D eigenvalue weighted by molar-refractivity contribution is -0.161. The van der Waals surface area contributed by atoms with Gasteiger partial charge in [-0.15, -0.1) is 0 Å². The van der Waals surface area contributed by atoms with Gasteiger partial charge in [0.15, 0.2) is 12.2 Å². The van der Waals surface area contributed by atoms with Crippen molar-refractivity contribution in [3.63, 3.8) is 0 Å². The van der Waals surface area contributed by atoms with Gasteiger partial charge in [-0.1, -0.05) is 409 Å². The van der Waals surface area contributed by atoms with Gasteiger partial charge < -0.3 is 33.8 Å². The van der Waals surface area contributed by atoms with E-state index in [0.29, 0.717) is 31.6 Å². The molecule has 107 heavy (non-hydrogen) atoms. The van der Waals surface area contributed by atoms with Crippen LogP contribution in [-0.2, 0) is 65.4 Å². The highest BCUT2D eigenvalue weighted by Crippen LogP contribution is 2.45. The van der Waals surface area contributed by atoms with Crippen LogP contribution in [0.25, 0.3) is 0 Å². The molecular formula is C88H172O17P2. The molecule has 0 saturated carbocycles. The van der Waals surface area contributed by atoms with Gasteiger partial charge in [-0.05, 0) is 49.4 Å². The van der Waals surface area contributed by atoms with E-state index < -0.39 is 97.5 Å². The lowest BCUT2D eigenvalue weighted by atomic mass is 9.99. The van der Waals surface area contributed by atoms with Crippen LogP contribution < -0.4 is 0 Å². The zero-order chi connectivity index (χ0) is 78.8. The van der Waals surface area contributed by atoms with E-state index in [1.807, 2.05) is 0 Å². The summed E-state index contributed by atoms with van der Waals surface area (Å²) < 4.78 is 68.9. The molecule has 0 aliphatic rings. The van der Waals surface area contributed by atoms with Crippen molar-refractivity contribution in [2.24, 2.45) is 23.7 Å². The normalized spacial score (nSPS) is 14.7. The summed E-state index contributed by atoms with van der Waals surface area (Å²) in [6.07, 6.45) is 66.7. The van der Waals surface area contributed by atoms with Gasteiger partial charge in [0.1, 0.15) is 19.3 Å². The van der Waals surface area contributed by atoms with Gasteiger partial charge in [-0.2, -0.15) is 0 Å². The molecule has 0 fully saturated rings. The highest BCUT2D eigenvalue weighted by Gasteiger charge is 2.31. The van der Waals surface area contributed by atoms with Crippen LogP contribution in [0.5, 0.6) is 0 Å². The molecule has 8 atom stereocenters. The fourth-order valence-corrected chi connectivity index (χ4v) is 15.2. The highest BCUT2D eigenvalue weighted by atomic mass is 31.2. The van der Waals surface area contributed by atoms with Gasteiger partial charge in [0, 0.05) is 25.7 Å². The Labute approximate surface area is 658 Å². The first-order valence-electron chi connectivity index (χ1n) is 45.3. The van der Waals surface area contributed by atoms with Crippen LogP contribution in [-0.4, -0.2) is 96.7 Å². The van der Waals surface area contributed by atoms with Crippen molar-refractivity contribution in [1.29, 1.82) is 0 Å². The number of aliphatic hydroxyl groups is 1. The first-order chi connectivity index (χ1) is 51.7. The maximum Gasteiger partial charge on any atom is 0.472 e. The number of phosphoric ester groups is 2. The Balaban J connectivity index is 5.20. The lowest BCUT2D eigenvalue weighted by Gasteiger charge is -2.21. The second-order valence-electron chi connectivity index (χ2n) is 32.8. The maximum absolute atomic E-state index is 13.2. The van der Waals surface area contributed by atoms with Crippen molar-refractivity contribution < 1.29 is 80.2 Å². The molecule has 3 N–H and O–H groups in total. The average molecular weight is 1560 g/mol. The summed E-state index contributed by atoms with van der Waals surface area (Å²) in [6.45, 7) is 14.4. The van der Waals surface area contributed by atoms with Gasteiger partial charge in [-0.25, -0.2) is 9.13 Å². The van der Waals surface area contributed by atoms with Crippen LogP contribution in [0, 0.1) is 23.7 Å². The van der Waals surface area contributed by atoms with Gasteiger partial charge in [-0.3, -0.25) is 37.3 Å². The maximum atomic E-state index is 13.2. The minimum atomic E-state index is -4.97. The molecule has 0 aliphatic carbocycles. The number of hydrogen-bond acceptors (Lipinski definition) is 15. The molecule has 0 aliphatic heterocycles. The third kappa shape index (κ3) is 77.8. The van der Waals surface area contributed by atoms with Gasteiger partial charge in [0.2, 0.25) is 0 Å². The Bertz CT molecular complexity index is 2080. The first-order valence-corrected chi connectivity index (χ1v) is 48.3. The standard InChI is InChI=1S/C88H172O17P2/c1-9-79(6)65-57-49-40-34-28-22-16-14-12-13-15-17-25-31-37-43-52-60-68-85(90)98-74-83(104-87(92)70-62-54-44-38-32-26-20-18-23-29-35-41-50-58-66-80(7)10-2)76-102-106(94,95)100-72-82(89)73-101-107(96,97)103-77-84(75-99-86(91)69-61-53-47-46-48-56-64-78(4)5)105-88(93)71-63-55-45-39-33-27-21-19-24-30-36-42-51-59-67-81(8)11-3/h78-84,89H,9-77H2,1-8H3,(H,94,95)(H,96,97)/t79?,80?,81?,82-,83-,84-/m1/s1. The first kappa shape index (κ1) is 105. The van der Waals surface area contributed by atoms with Crippen LogP contribution >= 0.6 is 15.6 Å². The topological polar surface area (TPSA) is 237 Å². The third-order valence-electron chi connectivity index (χ3n) is 21.7. The van der Waals surface area contributed by atoms with Crippen molar-refractivity contribution in [3.8, 4) is 0 Å². The number of carbonyl (C=O) groups excluding carboxylic acids is 4. The second kappa shape index (κ2) is 76.7. The zero-order valence-electron chi connectivity index (χ0n) is 70.8. The van der Waals surface area contributed by atoms with Crippen LogP contribution in [0.2, 0.25) is 0 Å². The molecular weight excluding hydrogens is 1390 g/mol. The van der Waals surface area contributed by atoms with Crippen LogP contribution in [0.3, 0.4) is 0 Å². The molecule has 5 unspecified atom stereocenters. The number of phosphoric acid groups is 2. The number of carbonyl (C=O) groups is 4. The van der Waals surface area contributed by atoms with E-state index in [1.54, 1.807) is 0 Å². The van der Waals surface area contributed by atoms with E-state index in [0.717, 1.165) is 114 Å². The SMILES string of the molecule is CCC(C)CCCCCCCCCCCCCCCCCCCCC(=O)OC[C@H](COP(=O)(O)OC[C@@H](O)COP(=O)(O)OC[C@@H](COC(=O)CCCCCCCCC(C)C)OC(=O)CCCCCCCCCCCCCCCCC(C)CC)OC(=O)CCCCCCCCCCCCCCCCC(C)CC. The number of unbranched alkanes of at least 4 members (excludes halogenated alkanes) is 48. The Morgan fingerprint density at radius 3 is 0.664 bits per heavy atom. The third-order valence-corrected chi connectivity index (χ3v) is 23.6. The monoisotopic (exact) mass is 1560 g/mol. The highest BCUT2D eigenvalue weighted by molar-refractivity contribution is 7.47. The Hall–Kier alpha value is -1.94. The van der Waals surface area contributed by atoms with Gasteiger partial charge in [0.05, 0.1) is 26.4 Å². The Kier molecular flexibility index (Phi) is 75.3. The molecule has 0 spiro atoms. The molecule has 0 aromatic carbocycles. The number of ether oxygens (including phenoxy) is 4. The predicted molar refractivity (Wildman–Crippen MR) is 441 cm³/mol. The number of rotatable bonds is 85. The minimum absolute atomic E-state index is 0.106. The van der Waals surface area contributed by atoms with E-state index in [2.05, 4.69) is 55.4 Å². The molecule has 636 valence electrons. The smallest absolute Gasteiger partial charge is 0.462 e. The van der Waals surface area contributed by atoms with E-state index >= 15 is 0 Å². The molecule has 0 radical (unpaired) electrons. The van der Waals surface area contributed by atoms with E-state index in [-0.39, 0.29) is 25.7 Å². The number of aliphatic hydroxyl groups excluding tert-OH is 1. The summed E-state index contributed by atoms with van der Waals surface area (Å²) in [7, 11) is -9.93. The van der Waals surface area contributed by atoms with E-state index in [9.17, 15) is 43.2 Å². The van der Waals surface area contributed by atoms with Gasteiger partial charge >= 0.3 is 39.5 Å². The fraction of sp³-hybridized carbons (Fsp3) is 0.955. The molecule has 0 rings (SSSR count). The predicted octanol–water partition coefficient (Wildman–Crippen LogP) is 26.7. The second-order valence-corrected chi connectivity index (χ2v) is 35.7. The summed E-state index contributed by atoms with van der Waals surface area (Å²) in [4.78, 5) is 73.2. The van der Waals surface area contributed by atoms with Crippen LogP contribution in [0.1, 0.15) is 460 Å². The summed E-state index contributed by atoms with van der Waals surface area (Å²) in [6, 6.07) is 0. The van der Waals surface area contributed by atoms with Crippen molar-refractivity contribution in [1.82, 2.24) is 0 Å². The van der Waals surface area contributed by atoms with Crippen molar-refractivity contribution in [2.45, 2.75) is 478 Å². The van der Waals surface area contributed by atoms with Crippen LogP contribution in [0.15, 0.2) is 0 Å². The summed E-state index contributed by atoms with van der Waals surface area (Å²) in [5, 5.41) is 10.7. The quantitative estimate of drug-likeness (QED) is 0.0222. The Morgan fingerprint density at radius 1 is 0.262 bits per heavy atom. The molecule has 0 amide bonds. The molecule has 17 nitrogen and oxygen atoms in total. The van der Waals surface area contributed by atoms with E-state index in [4.69, 9.17) is 37.0 Å². The largest absolute Gasteiger partial charge is 0.472 e. The molecule has 0 aromatic rings. The molecule has 19 heteroatoms. The van der Waals surface area contributed by atoms with Crippen LogP contribution in [0.4, 0.5) is 0 Å². The number of hydrogen-bond donors (Lipinski definition) is 3. The van der Waals surface area contributed by atoms with Crippen molar-refractivity contribution in [2.75, 3.05) is 39.6 Å². The zero-order valence-corrected chi connectivity index (χ0v) is 72.6. The molecule has 0 aromatic heterocycles. The van der Waals surface area contributed by atoms with Crippen molar-refractivity contribution in [3.05, 3.63) is 0 Å². The Morgan fingerprint density at radius 2 is 0.449 bits per heavy atom. The van der Waals surface area contributed by atoms with E-state index in [1.165, 1.54) is 257 Å². The summed E-state index contributed by atoms with van der Waals surface area (Å²) in [5.41, 5.74) is 0. The van der Waals surface area contributed by atoms with Crippen molar-refractivity contribution >= 4 is 39.5 Å². The molecule has 0 bridgehead atoms. The molecule has 0 heterocycles. The van der Waals surface area contributed by atoms with Gasteiger partial charge in [0.25, 0.3) is 0 Å². The summed E-state index contributed by atoms with van der Waals surface area (Å²) >= 11 is 0. The molecule has 0 saturated heterocycles. The summed E-state index contributed by atoms with van der Waals surface area (Å²) in [5.74, 6) is 1.14.